The lowest BCUT2D eigenvalue weighted by Crippen LogP contribution is -2.33. The molecule has 2 aromatic heterocycles. The van der Waals surface area contributed by atoms with Crippen molar-refractivity contribution in [2.45, 2.75) is 30.7 Å². The van der Waals surface area contributed by atoms with Gasteiger partial charge in [-0.2, -0.15) is 0 Å². The number of benzene rings is 1. The maximum Gasteiger partial charge on any atom is 0.240 e. The number of furan rings is 1. The van der Waals surface area contributed by atoms with Gasteiger partial charge in [-0.25, -0.2) is 13.1 Å². The number of thiophene rings is 1. The predicted octanol–water partition coefficient (Wildman–Crippen LogP) is 3.32. The summed E-state index contributed by atoms with van der Waals surface area (Å²) in [5.41, 5.74) is 2.79. The molecule has 144 valence electrons. The number of rotatable bonds is 5. The second kappa shape index (κ2) is 6.58. The highest BCUT2D eigenvalue weighted by Crippen LogP contribution is 2.38. The SMILES string of the molecule is O=C1CCc2cc(S(=O)(=O)NCc3ccc(-c4cccs4)o3)cc3c2N1CC3. The van der Waals surface area contributed by atoms with E-state index in [2.05, 4.69) is 4.72 Å². The van der Waals surface area contributed by atoms with Crippen LogP contribution in [0.15, 0.2) is 51.1 Å². The second-order valence-electron chi connectivity index (χ2n) is 6.95. The zero-order valence-corrected chi connectivity index (χ0v) is 16.6. The molecule has 1 aromatic carbocycles. The molecule has 5 rings (SSSR count). The van der Waals surface area contributed by atoms with Crippen molar-refractivity contribution in [1.82, 2.24) is 4.72 Å². The Balaban J connectivity index is 1.37. The van der Waals surface area contributed by atoms with E-state index >= 15 is 0 Å². The van der Waals surface area contributed by atoms with E-state index in [9.17, 15) is 13.2 Å². The third-order valence-corrected chi connectivity index (χ3v) is 7.46. The van der Waals surface area contributed by atoms with E-state index in [4.69, 9.17) is 4.42 Å². The molecule has 1 amide bonds. The standard InChI is InChI=1S/C20H18N2O4S2/c23-19-6-3-13-10-16(11-14-7-8-22(19)20(13)14)28(24,25)21-12-15-4-5-17(26-15)18-2-1-9-27-18/h1-2,4-5,9-11,21H,3,6-8,12H2. The van der Waals surface area contributed by atoms with Crippen molar-refractivity contribution in [2.24, 2.45) is 0 Å². The van der Waals surface area contributed by atoms with Gasteiger partial charge in [0.05, 0.1) is 22.0 Å². The number of sulfonamides is 1. The molecule has 6 nitrogen and oxygen atoms in total. The van der Waals surface area contributed by atoms with Gasteiger partial charge in [-0.05, 0) is 59.7 Å². The summed E-state index contributed by atoms with van der Waals surface area (Å²) in [6.45, 7) is 0.723. The third kappa shape index (κ3) is 2.97. The van der Waals surface area contributed by atoms with E-state index in [1.54, 1.807) is 34.4 Å². The molecular weight excluding hydrogens is 396 g/mol. The van der Waals surface area contributed by atoms with Crippen LogP contribution in [0.5, 0.6) is 0 Å². The maximum absolute atomic E-state index is 12.8. The van der Waals surface area contributed by atoms with Crippen molar-refractivity contribution in [3.8, 4) is 10.6 Å². The Morgan fingerprint density at radius 2 is 1.93 bits per heavy atom. The maximum atomic E-state index is 12.8. The molecule has 1 N–H and O–H groups in total. The fourth-order valence-corrected chi connectivity index (χ4v) is 5.64. The van der Waals surface area contributed by atoms with Gasteiger partial charge in [0.15, 0.2) is 0 Å². The first-order valence-electron chi connectivity index (χ1n) is 9.10. The van der Waals surface area contributed by atoms with Crippen LogP contribution in [0, 0.1) is 0 Å². The van der Waals surface area contributed by atoms with Crippen molar-refractivity contribution >= 4 is 33.0 Å². The lowest BCUT2D eigenvalue weighted by molar-refractivity contribution is -0.118. The number of hydrogen-bond donors (Lipinski definition) is 1. The summed E-state index contributed by atoms with van der Waals surface area (Å²) in [4.78, 5) is 15.1. The average Bonchev–Trinajstić information content (AvgIpc) is 3.43. The first kappa shape index (κ1) is 17.7. The summed E-state index contributed by atoms with van der Waals surface area (Å²) in [7, 11) is -3.67. The highest BCUT2D eigenvalue weighted by Gasteiger charge is 2.32. The van der Waals surface area contributed by atoms with Crippen LogP contribution in [0.1, 0.15) is 23.3 Å². The van der Waals surface area contributed by atoms with Gasteiger partial charge in [0, 0.05) is 13.0 Å². The molecule has 28 heavy (non-hydrogen) atoms. The van der Waals surface area contributed by atoms with Crippen molar-refractivity contribution in [1.29, 1.82) is 0 Å². The Morgan fingerprint density at radius 1 is 1.11 bits per heavy atom. The van der Waals surface area contributed by atoms with E-state index in [-0.39, 0.29) is 17.3 Å². The fourth-order valence-electron chi connectivity index (χ4n) is 3.85. The number of aryl methyl sites for hydroxylation is 1. The van der Waals surface area contributed by atoms with Gasteiger partial charge in [-0.3, -0.25) is 4.79 Å². The van der Waals surface area contributed by atoms with Gasteiger partial charge >= 0.3 is 0 Å². The minimum Gasteiger partial charge on any atom is -0.459 e. The van der Waals surface area contributed by atoms with Crippen LogP contribution in [0.2, 0.25) is 0 Å². The Bertz CT molecular complexity index is 1160. The number of hydrogen-bond acceptors (Lipinski definition) is 5. The van der Waals surface area contributed by atoms with Crippen molar-refractivity contribution in [3.05, 3.63) is 58.7 Å². The van der Waals surface area contributed by atoms with Crippen molar-refractivity contribution in [3.63, 3.8) is 0 Å². The lowest BCUT2D eigenvalue weighted by atomic mass is 10.00. The van der Waals surface area contributed by atoms with E-state index in [1.807, 2.05) is 23.6 Å². The normalized spacial score (nSPS) is 15.9. The minimum atomic E-state index is -3.67. The highest BCUT2D eigenvalue weighted by molar-refractivity contribution is 7.89. The minimum absolute atomic E-state index is 0.0880. The molecule has 0 fully saturated rings. The third-order valence-electron chi connectivity index (χ3n) is 5.20. The molecule has 2 aliphatic heterocycles. The Hall–Kier alpha value is -2.42. The number of nitrogens with zero attached hydrogens (tertiary/aromatic N) is 1. The van der Waals surface area contributed by atoms with Crippen LogP contribution in [0.25, 0.3) is 10.6 Å². The predicted molar refractivity (Wildman–Crippen MR) is 107 cm³/mol. The number of amides is 1. The molecule has 3 aromatic rings. The molecule has 0 atom stereocenters. The molecule has 0 unspecified atom stereocenters. The number of anilines is 1. The average molecular weight is 415 g/mol. The number of carbonyl (C=O) groups is 1. The van der Waals surface area contributed by atoms with E-state index in [0.29, 0.717) is 31.6 Å². The quantitative estimate of drug-likeness (QED) is 0.695. The molecule has 4 heterocycles. The second-order valence-corrected chi connectivity index (χ2v) is 9.67. The molecular formula is C20H18N2O4S2. The fraction of sp³-hybridized carbons (Fsp3) is 0.250. The molecule has 2 aliphatic rings. The van der Waals surface area contributed by atoms with E-state index in [0.717, 1.165) is 27.5 Å². The van der Waals surface area contributed by atoms with Gasteiger partial charge in [0.25, 0.3) is 0 Å². The summed E-state index contributed by atoms with van der Waals surface area (Å²) in [5.74, 6) is 1.42. The zero-order chi connectivity index (χ0) is 19.3. The van der Waals surface area contributed by atoms with Crippen LogP contribution in [0.4, 0.5) is 5.69 Å². The molecule has 0 saturated carbocycles. The van der Waals surface area contributed by atoms with Gasteiger partial charge in [-0.1, -0.05) is 6.07 Å². The molecule has 0 aliphatic carbocycles. The Kier molecular flexibility index (Phi) is 4.15. The van der Waals surface area contributed by atoms with Gasteiger partial charge in [-0.15, -0.1) is 11.3 Å². The van der Waals surface area contributed by atoms with Crippen LogP contribution >= 0.6 is 11.3 Å². The lowest BCUT2D eigenvalue weighted by Gasteiger charge is -2.25. The van der Waals surface area contributed by atoms with E-state index in [1.165, 1.54) is 0 Å². The highest BCUT2D eigenvalue weighted by atomic mass is 32.2. The largest absolute Gasteiger partial charge is 0.459 e. The first-order valence-corrected chi connectivity index (χ1v) is 11.5. The van der Waals surface area contributed by atoms with E-state index < -0.39 is 10.0 Å². The smallest absolute Gasteiger partial charge is 0.240 e. The molecule has 0 saturated heterocycles. The number of carbonyl (C=O) groups excluding carboxylic acids is 1. The Morgan fingerprint density at radius 3 is 2.71 bits per heavy atom. The number of nitrogens with one attached hydrogen (secondary N) is 1. The van der Waals surface area contributed by atoms with Gasteiger partial charge in [0.2, 0.25) is 15.9 Å². The summed E-state index contributed by atoms with van der Waals surface area (Å²) < 4.78 is 34.1. The van der Waals surface area contributed by atoms with Crippen LogP contribution in [-0.2, 0) is 34.2 Å². The monoisotopic (exact) mass is 414 g/mol. The van der Waals surface area contributed by atoms with Gasteiger partial charge in [0.1, 0.15) is 11.5 Å². The van der Waals surface area contributed by atoms with Gasteiger partial charge < -0.3 is 9.32 Å². The summed E-state index contributed by atoms with van der Waals surface area (Å²) in [6.07, 6.45) is 1.71. The van der Waals surface area contributed by atoms with Crippen LogP contribution < -0.4 is 9.62 Å². The van der Waals surface area contributed by atoms with Crippen molar-refractivity contribution < 1.29 is 17.6 Å². The summed E-state index contributed by atoms with van der Waals surface area (Å²) in [6, 6.07) is 10.9. The topological polar surface area (TPSA) is 79.6 Å². The van der Waals surface area contributed by atoms with Crippen LogP contribution in [-0.4, -0.2) is 20.9 Å². The zero-order valence-electron chi connectivity index (χ0n) is 15.0. The molecule has 0 bridgehead atoms. The van der Waals surface area contributed by atoms with Crippen LogP contribution in [0.3, 0.4) is 0 Å². The summed E-state index contributed by atoms with van der Waals surface area (Å²) >= 11 is 1.57. The molecule has 8 heteroatoms. The van der Waals surface area contributed by atoms with Crippen molar-refractivity contribution in [2.75, 3.05) is 11.4 Å². The Labute approximate surface area is 166 Å². The molecule has 0 spiro atoms. The molecule has 0 radical (unpaired) electrons. The summed E-state index contributed by atoms with van der Waals surface area (Å²) in [5, 5.41) is 1.97. The first-order chi connectivity index (χ1) is 13.5.